The quantitative estimate of drug-likeness (QED) is 0.256. The molecule has 0 fully saturated rings. The molecule has 0 aromatic heterocycles. The summed E-state index contributed by atoms with van der Waals surface area (Å²) in [6.07, 6.45) is 12.1. The van der Waals surface area contributed by atoms with Crippen molar-refractivity contribution in [3.05, 3.63) is 0 Å². The zero-order valence-corrected chi connectivity index (χ0v) is 20.4. The minimum Gasteiger partial charge on any atom is -0.325 e. The van der Waals surface area contributed by atoms with Crippen molar-refractivity contribution in [2.24, 2.45) is 16.2 Å². The zero-order chi connectivity index (χ0) is 20.5. The van der Waals surface area contributed by atoms with Gasteiger partial charge in [-0.05, 0) is 19.3 Å². The number of hydrogen-bond donors (Lipinski definition) is 0. The normalized spacial score (nSPS) is 14.1. The minimum atomic E-state index is 0.437. The lowest BCUT2D eigenvalue weighted by Gasteiger charge is -2.48. The van der Waals surface area contributed by atoms with Gasteiger partial charge in [0.15, 0.2) is 0 Å². The van der Waals surface area contributed by atoms with E-state index in [9.17, 15) is 0 Å². The molecule has 0 unspecified atom stereocenters. The van der Waals surface area contributed by atoms with Gasteiger partial charge in [-0.15, -0.1) is 0 Å². The Balaban J connectivity index is 5.35. The van der Waals surface area contributed by atoms with Crippen LogP contribution in [0, 0.1) is 16.2 Å². The van der Waals surface area contributed by atoms with Crippen molar-refractivity contribution in [2.45, 2.75) is 120 Å². The summed E-state index contributed by atoms with van der Waals surface area (Å²) < 4.78 is 1.24. The maximum atomic E-state index is 2.56. The van der Waals surface area contributed by atoms with Gasteiger partial charge in [0, 0.05) is 16.2 Å². The van der Waals surface area contributed by atoms with E-state index in [1.165, 1.54) is 81.9 Å². The predicted molar refractivity (Wildman–Crippen MR) is 121 cm³/mol. The number of nitrogens with zero attached hydrogens (tertiary/aromatic N) is 1. The Kier molecular flexibility index (Phi) is 11.1. The number of quaternary nitrogens is 1. The summed E-state index contributed by atoms with van der Waals surface area (Å²) in [6.45, 7) is 26.0. The van der Waals surface area contributed by atoms with E-state index in [0.29, 0.717) is 16.2 Å². The maximum absolute atomic E-state index is 2.56. The highest BCUT2D eigenvalue weighted by Gasteiger charge is 2.40. The third-order valence-corrected chi connectivity index (χ3v) is 6.05. The molecule has 0 atom stereocenters. The van der Waals surface area contributed by atoms with E-state index in [2.05, 4.69) is 69.4 Å². The Bertz CT molecular complexity index is 309. The van der Waals surface area contributed by atoms with Gasteiger partial charge in [-0.1, -0.05) is 101 Å². The van der Waals surface area contributed by atoms with Crippen LogP contribution < -0.4 is 0 Å². The van der Waals surface area contributed by atoms with Gasteiger partial charge in [0.25, 0.3) is 0 Å². The van der Waals surface area contributed by atoms with Crippen LogP contribution in [0.1, 0.15) is 120 Å². The summed E-state index contributed by atoms with van der Waals surface area (Å²) in [6, 6.07) is 0. The molecule has 0 amide bonds. The number of rotatable bonds is 15. The molecule has 0 bridgehead atoms. The average molecular weight is 369 g/mol. The van der Waals surface area contributed by atoms with Gasteiger partial charge in [0.1, 0.15) is 0 Å². The van der Waals surface area contributed by atoms with Gasteiger partial charge >= 0.3 is 0 Å². The fraction of sp³-hybridized carbons (Fsp3) is 1.00. The highest BCUT2D eigenvalue weighted by Crippen LogP contribution is 2.36. The highest BCUT2D eigenvalue weighted by molar-refractivity contribution is 4.76. The lowest BCUT2D eigenvalue weighted by molar-refractivity contribution is -0.927. The second-order valence-electron chi connectivity index (χ2n) is 11.9. The molecule has 0 aliphatic carbocycles. The molecule has 0 N–H and O–H groups in total. The van der Waals surface area contributed by atoms with Crippen molar-refractivity contribution in [1.82, 2.24) is 0 Å². The zero-order valence-electron chi connectivity index (χ0n) is 20.4. The van der Waals surface area contributed by atoms with E-state index in [0.717, 1.165) is 0 Å². The SMILES string of the molecule is CCCCC(C)(C)C[N+](C)(CC(C)(C)CCCC)CC(C)(C)CCCC. The van der Waals surface area contributed by atoms with E-state index in [4.69, 9.17) is 0 Å². The van der Waals surface area contributed by atoms with Gasteiger partial charge in [-0.25, -0.2) is 0 Å². The molecule has 0 aliphatic rings. The molecular formula is C25H54N+. The Labute approximate surface area is 167 Å². The van der Waals surface area contributed by atoms with Crippen molar-refractivity contribution in [1.29, 1.82) is 0 Å². The molecule has 0 aromatic carbocycles. The Morgan fingerprint density at radius 2 is 0.731 bits per heavy atom. The first-order chi connectivity index (χ1) is 11.8. The monoisotopic (exact) mass is 368 g/mol. The summed E-state index contributed by atoms with van der Waals surface area (Å²) in [5.74, 6) is 0. The van der Waals surface area contributed by atoms with Crippen LogP contribution in [0.4, 0.5) is 0 Å². The summed E-state index contributed by atoms with van der Waals surface area (Å²) in [7, 11) is 2.56. The van der Waals surface area contributed by atoms with Crippen molar-refractivity contribution < 1.29 is 4.48 Å². The molecule has 1 nitrogen and oxygen atoms in total. The molecule has 0 aliphatic heterocycles. The smallest absolute Gasteiger partial charge is 0.0836 e. The van der Waals surface area contributed by atoms with Crippen molar-refractivity contribution in [3.63, 3.8) is 0 Å². The number of unbranched alkanes of at least 4 members (excludes halogenated alkanes) is 3. The van der Waals surface area contributed by atoms with Crippen molar-refractivity contribution in [2.75, 3.05) is 26.7 Å². The second kappa shape index (κ2) is 11.1. The van der Waals surface area contributed by atoms with Crippen LogP contribution in [0.2, 0.25) is 0 Å². The summed E-state index contributed by atoms with van der Waals surface area (Å²) >= 11 is 0. The Hall–Kier alpha value is -0.0400. The first kappa shape index (κ1) is 26.0. The molecule has 0 saturated carbocycles. The third-order valence-electron chi connectivity index (χ3n) is 6.05. The highest BCUT2D eigenvalue weighted by atomic mass is 15.3. The largest absolute Gasteiger partial charge is 0.325 e. The van der Waals surface area contributed by atoms with Crippen LogP contribution in [0.3, 0.4) is 0 Å². The number of hydrogen-bond acceptors (Lipinski definition) is 0. The van der Waals surface area contributed by atoms with E-state index < -0.39 is 0 Å². The summed E-state index contributed by atoms with van der Waals surface area (Å²) in [5, 5.41) is 0. The molecular weight excluding hydrogens is 314 g/mol. The molecule has 0 saturated heterocycles. The molecule has 0 aromatic rings. The van der Waals surface area contributed by atoms with Crippen LogP contribution in [0.15, 0.2) is 0 Å². The lowest BCUT2D eigenvalue weighted by Crippen LogP contribution is -2.57. The predicted octanol–water partition coefficient (Wildman–Crippen LogP) is 8.08. The van der Waals surface area contributed by atoms with Crippen LogP contribution >= 0.6 is 0 Å². The Morgan fingerprint density at radius 3 is 0.923 bits per heavy atom. The van der Waals surface area contributed by atoms with Crippen LogP contribution in [0.25, 0.3) is 0 Å². The minimum absolute atomic E-state index is 0.437. The standard InChI is InChI=1S/C25H54N/c1-11-14-17-23(4,5)20-26(10,21-24(6,7)18-15-12-2)22-25(8,9)19-16-13-3/h11-22H2,1-10H3/q+1. The maximum Gasteiger partial charge on any atom is 0.0836 e. The topological polar surface area (TPSA) is 0 Å². The molecule has 1 heteroatoms. The lowest BCUT2D eigenvalue weighted by atomic mass is 9.79. The van der Waals surface area contributed by atoms with Gasteiger partial charge in [0.2, 0.25) is 0 Å². The van der Waals surface area contributed by atoms with E-state index in [1.807, 2.05) is 0 Å². The molecule has 0 heterocycles. The molecule has 0 rings (SSSR count). The van der Waals surface area contributed by atoms with Crippen molar-refractivity contribution >= 4 is 0 Å². The fourth-order valence-corrected chi connectivity index (χ4v) is 5.47. The molecule has 0 radical (unpaired) electrons. The molecule has 0 spiro atoms. The van der Waals surface area contributed by atoms with Gasteiger partial charge in [-0.2, -0.15) is 0 Å². The van der Waals surface area contributed by atoms with Crippen LogP contribution in [-0.4, -0.2) is 31.2 Å². The summed E-state index contributed by atoms with van der Waals surface area (Å²) in [5.41, 5.74) is 1.31. The van der Waals surface area contributed by atoms with Gasteiger partial charge in [0.05, 0.1) is 26.7 Å². The summed E-state index contributed by atoms with van der Waals surface area (Å²) in [4.78, 5) is 0. The third kappa shape index (κ3) is 11.6. The van der Waals surface area contributed by atoms with Crippen LogP contribution in [0.5, 0.6) is 0 Å². The first-order valence-corrected chi connectivity index (χ1v) is 11.6. The van der Waals surface area contributed by atoms with E-state index in [-0.39, 0.29) is 0 Å². The van der Waals surface area contributed by atoms with E-state index in [1.54, 1.807) is 0 Å². The molecule has 158 valence electrons. The fourth-order valence-electron chi connectivity index (χ4n) is 5.47. The van der Waals surface area contributed by atoms with Crippen LogP contribution in [-0.2, 0) is 0 Å². The second-order valence-corrected chi connectivity index (χ2v) is 11.9. The molecule has 26 heavy (non-hydrogen) atoms. The van der Waals surface area contributed by atoms with Gasteiger partial charge in [-0.3, -0.25) is 0 Å². The Morgan fingerprint density at radius 1 is 0.500 bits per heavy atom. The first-order valence-electron chi connectivity index (χ1n) is 11.6. The van der Waals surface area contributed by atoms with Crippen molar-refractivity contribution in [3.8, 4) is 0 Å². The average Bonchev–Trinajstić information content (AvgIpc) is 2.46. The van der Waals surface area contributed by atoms with E-state index >= 15 is 0 Å². The van der Waals surface area contributed by atoms with Gasteiger partial charge < -0.3 is 4.48 Å².